The number of rotatable bonds is 3. The zero-order valence-corrected chi connectivity index (χ0v) is 10.4. The Labute approximate surface area is 105 Å². The van der Waals surface area contributed by atoms with Gasteiger partial charge in [-0.05, 0) is 24.3 Å². The average Bonchev–Trinajstić information content (AvgIpc) is 3.01. The Bertz CT molecular complexity index is 475. The van der Waals surface area contributed by atoms with Gasteiger partial charge in [-0.3, -0.25) is 0 Å². The lowest BCUT2D eigenvalue weighted by atomic mass is 10.2. The summed E-state index contributed by atoms with van der Waals surface area (Å²) in [6.45, 7) is 0. The summed E-state index contributed by atoms with van der Waals surface area (Å²) in [5.41, 5.74) is 2.36. The van der Waals surface area contributed by atoms with Crippen LogP contribution in [0.4, 0.5) is 5.69 Å². The summed E-state index contributed by atoms with van der Waals surface area (Å²) >= 11 is 2.02. The van der Waals surface area contributed by atoms with Crippen molar-refractivity contribution in [3.8, 4) is 5.69 Å². The van der Waals surface area contributed by atoms with Crippen LogP contribution in [-0.4, -0.2) is 27.1 Å². The first-order valence-corrected chi connectivity index (χ1v) is 7.00. The monoisotopic (exact) mass is 245 g/mol. The molecule has 1 aliphatic heterocycles. The summed E-state index contributed by atoms with van der Waals surface area (Å²) in [5.74, 6) is 2.48. The predicted molar refractivity (Wildman–Crippen MR) is 72.9 cm³/mol. The summed E-state index contributed by atoms with van der Waals surface area (Å²) in [4.78, 5) is 4.10. The molecule has 3 nitrogen and oxygen atoms in total. The largest absolute Gasteiger partial charge is 0.380 e. The molecule has 2 aromatic rings. The van der Waals surface area contributed by atoms with Crippen LogP contribution in [0.1, 0.15) is 6.42 Å². The predicted octanol–water partition coefficient (Wildman–Crippen LogP) is 2.79. The van der Waals surface area contributed by atoms with Gasteiger partial charge in [-0.15, -0.1) is 0 Å². The minimum Gasteiger partial charge on any atom is -0.380 e. The Morgan fingerprint density at radius 2 is 2.29 bits per heavy atom. The third-order valence-corrected chi connectivity index (χ3v) is 4.14. The molecule has 1 fully saturated rings. The molecule has 1 saturated heterocycles. The zero-order valence-electron chi connectivity index (χ0n) is 9.54. The average molecular weight is 245 g/mol. The summed E-state index contributed by atoms with van der Waals surface area (Å²) in [6.07, 6.45) is 6.87. The van der Waals surface area contributed by atoms with E-state index in [0.717, 1.165) is 0 Å². The van der Waals surface area contributed by atoms with Crippen molar-refractivity contribution < 1.29 is 0 Å². The van der Waals surface area contributed by atoms with E-state index in [0.29, 0.717) is 6.04 Å². The molecule has 1 unspecified atom stereocenters. The molecule has 1 atom stereocenters. The third-order valence-electron chi connectivity index (χ3n) is 2.98. The Kier molecular flexibility index (Phi) is 3.05. The zero-order chi connectivity index (χ0) is 11.5. The second kappa shape index (κ2) is 4.84. The molecule has 0 saturated carbocycles. The smallest absolute Gasteiger partial charge is 0.0992 e. The van der Waals surface area contributed by atoms with Gasteiger partial charge in [-0.2, -0.15) is 11.8 Å². The van der Waals surface area contributed by atoms with E-state index in [1.807, 2.05) is 35.0 Å². The minimum atomic E-state index is 0.602. The molecular weight excluding hydrogens is 230 g/mol. The van der Waals surface area contributed by atoms with Crippen molar-refractivity contribution >= 4 is 17.4 Å². The SMILES string of the molecule is c1ccc(-n2ccnc2)c(NC2CCSC2)c1. The van der Waals surface area contributed by atoms with Crippen molar-refractivity contribution in [3.63, 3.8) is 0 Å². The number of anilines is 1. The van der Waals surface area contributed by atoms with Crippen LogP contribution in [0.3, 0.4) is 0 Å². The van der Waals surface area contributed by atoms with Crippen LogP contribution < -0.4 is 5.32 Å². The second-order valence-corrected chi connectivity index (χ2v) is 5.34. The van der Waals surface area contributed by atoms with E-state index >= 15 is 0 Å². The highest BCUT2D eigenvalue weighted by Gasteiger charge is 2.16. The molecule has 1 aromatic heterocycles. The number of nitrogens with zero attached hydrogens (tertiary/aromatic N) is 2. The van der Waals surface area contributed by atoms with Crippen molar-refractivity contribution in [2.75, 3.05) is 16.8 Å². The van der Waals surface area contributed by atoms with Gasteiger partial charge in [-0.25, -0.2) is 4.98 Å². The number of benzene rings is 1. The maximum absolute atomic E-state index is 4.10. The van der Waals surface area contributed by atoms with Crippen molar-refractivity contribution in [1.82, 2.24) is 9.55 Å². The first-order valence-electron chi connectivity index (χ1n) is 5.85. The van der Waals surface area contributed by atoms with E-state index in [1.54, 1.807) is 0 Å². The van der Waals surface area contributed by atoms with Crippen LogP contribution in [0.5, 0.6) is 0 Å². The van der Waals surface area contributed by atoms with Crippen LogP contribution in [0.15, 0.2) is 43.0 Å². The molecule has 4 heteroatoms. The van der Waals surface area contributed by atoms with Gasteiger partial charge in [0.1, 0.15) is 0 Å². The standard InChI is InChI=1S/C13H15N3S/c1-2-4-13(16-7-6-14-10-16)12(3-1)15-11-5-8-17-9-11/h1-4,6-7,10-11,15H,5,8-9H2. The van der Waals surface area contributed by atoms with Crippen LogP contribution >= 0.6 is 11.8 Å². The Morgan fingerprint density at radius 3 is 3.06 bits per heavy atom. The van der Waals surface area contributed by atoms with E-state index in [9.17, 15) is 0 Å². The van der Waals surface area contributed by atoms with Crippen molar-refractivity contribution in [2.45, 2.75) is 12.5 Å². The molecule has 88 valence electrons. The Morgan fingerprint density at radius 1 is 1.35 bits per heavy atom. The van der Waals surface area contributed by atoms with Crippen LogP contribution in [0.2, 0.25) is 0 Å². The number of para-hydroxylation sites is 2. The van der Waals surface area contributed by atoms with E-state index in [4.69, 9.17) is 0 Å². The topological polar surface area (TPSA) is 29.9 Å². The van der Waals surface area contributed by atoms with Gasteiger partial charge < -0.3 is 9.88 Å². The number of thioether (sulfide) groups is 1. The summed E-state index contributed by atoms with van der Waals surface area (Å²) in [7, 11) is 0. The minimum absolute atomic E-state index is 0.602. The first kappa shape index (κ1) is 10.7. The lowest BCUT2D eigenvalue weighted by molar-refractivity contribution is 0.810. The van der Waals surface area contributed by atoms with Gasteiger partial charge in [-0.1, -0.05) is 12.1 Å². The molecule has 0 amide bonds. The van der Waals surface area contributed by atoms with Gasteiger partial charge in [0.05, 0.1) is 17.7 Å². The highest BCUT2D eigenvalue weighted by Crippen LogP contribution is 2.25. The lowest BCUT2D eigenvalue weighted by Gasteiger charge is -2.16. The van der Waals surface area contributed by atoms with Crippen molar-refractivity contribution in [3.05, 3.63) is 43.0 Å². The quantitative estimate of drug-likeness (QED) is 0.901. The van der Waals surface area contributed by atoms with E-state index in [2.05, 4.69) is 34.6 Å². The van der Waals surface area contributed by atoms with Crippen LogP contribution in [0, 0.1) is 0 Å². The van der Waals surface area contributed by atoms with Gasteiger partial charge in [0.15, 0.2) is 0 Å². The number of hydrogen-bond donors (Lipinski definition) is 1. The van der Waals surface area contributed by atoms with Crippen molar-refractivity contribution in [1.29, 1.82) is 0 Å². The lowest BCUT2D eigenvalue weighted by Crippen LogP contribution is -2.19. The van der Waals surface area contributed by atoms with E-state index < -0.39 is 0 Å². The molecule has 1 aromatic carbocycles. The van der Waals surface area contributed by atoms with Gasteiger partial charge in [0, 0.05) is 24.2 Å². The fourth-order valence-corrected chi connectivity index (χ4v) is 3.24. The molecule has 17 heavy (non-hydrogen) atoms. The van der Waals surface area contributed by atoms with Gasteiger partial charge in [0.25, 0.3) is 0 Å². The number of hydrogen-bond acceptors (Lipinski definition) is 3. The second-order valence-electron chi connectivity index (χ2n) is 4.19. The molecule has 1 aliphatic rings. The molecule has 3 rings (SSSR count). The van der Waals surface area contributed by atoms with E-state index in [1.165, 1.54) is 29.3 Å². The first-order chi connectivity index (χ1) is 8.43. The molecule has 0 aliphatic carbocycles. The molecule has 1 N–H and O–H groups in total. The third kappa shape index (κ3) is 2.31. The molecule has 0 bridgehead atoms. The van der Waals surface area contributed by atoms with Crippen LogP contribution in [-0.2, 0) is 0 Å². The maximum atomic E-state index is 4.10. The Balaban J connectivity index is 1.88. The fourth-order valence-electron chi connectivity index (χ4n) is 2.09. The maximum Gasteiger partial charge on any atom is 0.0992 e. The normalized spacial score (nSPS) is 19.4. The fraction of sp³-hybridized carbons (Fsp3) is 0.308. The molecular formula is C13H15N3S. The molecule has 0 radical (unpaired) electrons. The number of aromatic nitrogens is 2. The number of nitrogens with one attached hydrogen (secondary N) is 1. The summed E-state index contributed by atoms with van der Waals surface area (Å²) in [6, 6.07) is 8.99. The molecule has 2 heterocycles. The molecule has 0 spiro atoms. The highest BCUT2D eigenvalue weighted by molar-refractivity contribution is 7.99. The van der Waals surface area contributed by atoms with Gasteiger partial charge >= 0.3 is 0 Å². The summed E-state index contributed by atoms with van der Waals surface area (Å²) in [5, 5.41) is 3.63. The Hall–Kier alpha value is -1.42. The number of imidazole rings is 1. The highest BCUT2D eigenvalue weighted by atomic mass is 32.2. The van der Waals surface area contributed by atoms with Crippen LogP contribution in [0.25, 0.3) is 5.69 Å². The van der Waals surface area contributed by atoms with E-state index in [-0.39, 0.29) is 0 Å². The van der Waals surface area contributed by atoms with Gasteiger partial charge in [0.2, 0.25) is 0 Å². The van der Waals surface area contributed by atoms with Crippen molar-refractivity contribution in [2.24, 2.45) is 0 Å². The summed E-state index contributed by atoms with van der Waals surface area (Å²) < 4.78 is 2.05.